The topological polar surface area (TPSA) is 18.5 Å². The van der Waals surface area contributed by atoms with Crippen LogP contribution in [0.1, 0.15) is 75.8 Å². The van der Waals surface area contributed by atoms with E-state index in [2.05, 4.69) is 32.0 Å². The van der Waals surface area contributed by atoms with Crippen LogP contribution in [-0.2, 0) is 11.2 Å². The molecule has 1 unspecified atom stereocenters. The highest BCUT2D eigenvalue weighted by Gasteiger charge is 2.54. The fourth-order valence-electron chi connectivity index (χ4n) is 6.74. The summed E-state index contributed by atoms with van der Waals surface area (Å²) < 4.78 is 11.8. The minimum atomic E-state index is 0.436. The second-order valence-electron chi connectivity index (χ2n) is 8.48. The number of hydrogen-bond donors (Lipinski definition) is 0. The van der Waals surface area contributed by atoms with Crippen molar-refractivity contribution in [1.29, 1.82) is 0 Å². The van der Waals surface area contributed by atoms with E-state index in [0.717, 1.165) is 30.1 Å². The Hall–Kier alpha value is -1.02. The van der Waals surface area contributed by atoms with Crippen LogP contribution in [0.15, 0.2) is 18.2 Å². The molecule has 138 valence electrons. The van der Waals surface area contributed by atoms with Gasteiger partial charge in [0.1, 0.15) is 5.75 Å². The summed E-state index contributed by atoms with van der Waals surface area (Å²) in [7, 11) is 1.79. The molecular formula is C23H34O2. The standard InChI is InChI=1S/C23H34O2/c1-4-23-14-13-18-19(21(23)7-6-8-22(23)25-5-2)12-10-16-9-11-17(24-3)15-20(16)18/h9,11,15,18-19,21-22H,4-8,10,12-14H2,1-3H3/t18-,19+,21-,22?,23-/m0/s1. The molecule has 1 aromatic carbocycles. The fourth-order valence-corrected chi connectivity index (χ4v) is 6.74. The highest BCUT2D eigenvalue weighted by Crippen LogP contribution is 2.61. The zero-order valence-corrected chi connectivity index (χ0v) is 16.2. The third kappa shape index (κ3) is 2.72. The molecule has 2 fully saturated rings. The monoisotopic (exact) mass is 342 g/mol. The Morgan fingerprint density at radius 1 is 1.12 bits per heavy atom. The summed E-state index contributed by atoms with van der Waals surface area (Å²) in [6.07, 6.45) is 11.1. The molecule has 3 aliphatic carbocycles. The van der Waals surface area contributed by atoms with Gasteiger partial charge in [-0.3, -0.25) is 0 Å². The van der Waals surface area contributed by atoms with Crippen LogP contribution in [0.2, 0.25) is 0 Å². The number of benzene rings is 1. The van der Waals surface area contributed by atoms with Crippen molar-refractivity contribution in [2.75, 3.05) is 13.7 Å². The van der Waals surface area contributed by atoms with E-state index in [0.29, 0.717) is 11.5 Å². The van der Waals surface area contributed by atoms with Crippen LogP contribution in [0.5, 0.6) is 5.75 Å². The molecule has 3 aliphatic rings. The van der Waals surface area contributed by atoms with Gasteiger partial charge in [0.15, 0.2) is 0 Å². The van der Waals surface area contributed by atoms with E-state index in [1.165, 1.54) is 51.4 Å². The first-order valence-electron chi connectivity index (χ1n) is 10.5. The van der Waals surface area contributed by atoms with E-state index < -0.39 is 0 Å². The van der Waals surface area contributed by atoms with Crippen molar-refractivity contribution in [3.8, 4) is 5.75 Å². The molecule has 0 aliphatic heterocycles. The van der Waals surface area contributed by atoms with Gasteiger partial charge in [-0.25, -0.2) is 0 Å². The number of hydrogen-bond acceptors (Lipinski definition) is 2. The van der Waals surface area contributed by atoms with Crippen molar-refractivity contribution in [1.82, 2.24) is 0 Å². The maximum absolute atomic E-state index is 6.31. The van der Waals surface area contributed by atoms with Crippen LogP contribution >= 0.6 is 0 Å². The van der Waals surface area contributed by atoms with E-state index >= 15 is 0 Å². The van der Waals surface area contributed by atoms with Crippen LogP contribution in [0, 0.1) is 17.3 Å². The van der Waals surface area contributed by atoms with Crippen molar-refractivity contribution < 1.29 is 9.47 Å². The molecule has 0 bridgehead atoms. The average molecular weight is 343 g/mol. The van der Waals surface area contributed by atoms with E-state index in [-0.39, 0.29) is 0 Å². The van der Waals surface area contributed by atoms with E-state index in [4.69, 9.17) is 9.47 Å². The molecule has 0 amide bonds. The smallest absolute Gasteiger partial charge is 0.119 e. The largest absolute Gasteiger partial charge is 0.497 e. The van der Waals surface area contributed by atoms with Gasteiger partial charge in [-0.05, 0) is 98.3 Å². The van der Waals surface area contributed by atoms with Crippen LogP contribution in [-0.4, -0.2) is 19.8 Å². The van der Waals surface area contributed by atoms with Gasteiger partial charge in [0.2, 0.25) is 0 Å². The number of methoxy groups -OCH3 is 1. The van der Waals surface area contributed by atoms with Crippen molar-refractivity contribution in [2.45, 2.75) is 77.2 Å². The summed E-state index contributed by atoms with van der Waals surface area (Å²) in [4.78, 5) is 0. The van der Waals surface area contributed by atoms with Gasteiger partial charge in [0.25, 0.3) is 0 Å². The third-order valence-electron chi connectivity index (χ3n) is 7.84. The third-order valence-corrected chi connectivity index (χ3v) is 7.84. The second kappa shape index (κ2) is 6.95. The minimum absolute atomic E-state index is 0.436. The first-order valence-corrected chi connectivity index (χ1v) is 10.5. The van der Waals surface area contributed by atoms with Crippen LogP contribution in [0.3, 0.4) is 0 Å². The highest BCUT2D eigenvalue weighted by molar-refractivity contribution is 5.41. The molecule has 1 aromatic rings. The maximum Gasteiger partial charge on any atom is 0.119 e. The zero-order valence-electron chi connectivity index (χ0n) is 16.2. The van der Waals surface area contributed by atoms with E-state index in [9.17, 15) is 0 Å². The minimum Gasteiger partial charge on any atom is -0.497 e. The molecule has 25 heavy (non-hydrogen) atoms. The average Bonchev–Trinajstić information content (AvgIpc) is 2.67. The van der Waals surface area contributed by atoms with Crippen molar-refractivity contribution in [3.05, 3.63) is 29.3 Å². The van der Waals surface area contributed by atoms with Gasteiger partial charge in [-0.1, -0.05) is 19.4 Å². The zero-order chi connectivity index (χ0) is 17.4. The summed E-state index contributed by atoms with van der Waals surface area (Å²) in [6.45, 7) is 5.46. The number of aryl methyl sites for hydroxylation is 1. The van der Waals surface area contributed by atoms with Crippen molar-refractivity contribution >= 4 is 0 Å². The molecule has 0 heterocycles. The molecule has 4 rings (SSSR count). The molecule has 2 saturated carbocycles. The lowest BCUT2D eigenvalue weighted by Gasteiger charge is -2.58. The summed E-state index contributed by atoms with van der Waals surface area (Å²) in [5.74, 6) is 3.46. The van der Waals surface area contributed by atoms with E-state index in [1.807, 2.05) is 0 Å². The normalized spacial score (nSPS) is 36.9. The van der Waals surface area contributed by atoms with Gasteiger partial charge in [0.05, 0.1) is 13.2 Å². The predicted octanol–water partition coefficient (Wildman–Crippen LogP) is 5.74. The molecule has 5 atom stereocenters. The Bertz CT molecular complexity index is 608. The lowest BCUT2D eigenvalue weighted by atomic mass is 9.48. The Kier molecular flexibility index (Phi) is 4.83. The molecule has 0 spiro atoms. The predicted molar refractivity (Wildman–Crippen MR) is 102 cm³/mol. The molecular weight excluding hydrogens is 308 g/mol. The van der Waals surface area contributed by atoms with Crippen molar-refractivity contribution in [3.63, 3.8) is 0 Å². The van der Waals surface area contributed by atoms with Crippen LogP contribution in [0.4, 0.5) is 0 Å². The first-order chi connectivity index (χ1) is 12.2. The lowest BCUT2D eigenvalue weighted by Crippen LogP contribution is -2.53. The second-order valence-corrected chi connectivity index (χ2v) is 8.48. The molecule has 2 nitrogen and oxygen atoms in total. The summed E-state index contributed by atoms with van der Waals surface area (Å²) in [5, 5.41) is 0. The highest BCUT2D eigenvalue weighted by atomic mass is 16.5. The SMILES string of the molecule is CCOC1CCC[C@H]2[C@@H]3CCc4ccc(OC)cc4[C@H]3CC[C@]12CC. The van der Waals surface area contributed by atoms with Gasteiger partial charge < -0.3 is 9.47 Å². The molecule has 0 saturated heterocycles. The lowest BCUT2D eigenvalue weighted by molar-refractivity contribution is -0.138. The van der Waals surface area contributed by atoms with Crippen LogP contribution < -0.4 is 4.74 Å². The Labute approximate surface area is 153 Å². The molecule has 2 heteroatoms. The Morgan fingerprint density at radius 2 is 2.00 bits per heavy atom. The summed E-state index contributed by atoms with van der Waals surface area (Å²) in [5.41, 5.74) is 3.60. The number of rotatable bonds is 4. The number of ether oxygens (including phenoxy) is 2. The number of fused-ring (bicyclic) bond motifs is 5. The van der Waals surface area contributed by atoms with Gasteiger partial charge in [0, 0.05) is 6.61 Å². The van der Waals surface area contributed by atoms with Gasteiger partial charge in [-0.2, -0.15) is 0 Å². The first kappa shape index (κ1) is 17.4. The van der Waals surface area contributed by atoms with E-state index in [1.54, 1.807) is 18.2 Å². The summed E-state index contributed by atoms with van der Waals surface area (Å²) in [6, 6.07) is 6.80. The van der Waals surface area contributed by atoms with Gasteiger partial charge in [-0.15, -0.1) is 0 Å². The molecule has 0 aromatic heterocycles. The molecule has 0 N–H and O–H groups in total. The Morgan fingerprint density at radius 3 is 2.76 bits per heavy atom. The molecule has 0 radical (unpaired) electrons. The fraction of sp³-hybridized carbons (Fsp3) is 0.739. The quantitative estimate of drug-likeness (QED) is 0.695. The van der Waals surface area contributed by atoms with Crippen LogP contribution in [0.25, 0.3) is 0 Å². The Balaban J connectivity index is 1.68. The van der Waals surface area contributed by atoms with Gasteiger partial charge >= 0.3 is 0 Å². The maximum atomic E-state index is 6.31. The summed E-state index contributed by atoms with van der Waals surface area (Å²) >= 11 is 0. The van der Waals surface area contributed by atoms with Crippen molar-refractivity contribution in [2.24, 2.45) is 17.3 Å².